The molecular weight excluding hydrogens is 238 g/mol. The quantitative estimate of drug-likeness (QED) is 0.877. The molecule has 1 rings (SSSR count). The lowest BCUT2D eigenvalue weighted by molar-refractivity contribution is -0.132. The highest BCUT2D eigenvalue weighted by Crippen LogP contribution is 2.09. The monoisotopic (exact) mass is 259 g/mol. The normalized spacial score (nSPS) is 12.0. The van der Waals surface area contributed by atoms with Gasteiger partial charge in [0.2, 0.25) is 5.91 Å². The van der Waals surface area contributed by atoms with Gasteiger partial charge < -0.3 is 10.6 Å². The molecule has 0 radical (unpaired) electrons. The minimum atomic E-state index is -0.441. The fraction of sp³-hybridized carbons (Fsp3) is 0.467. The molecule has 19 heavy (non-hydrogen) atoms. The molecule has 0 unspecified atom stereocenters. The number of carbonyl (C=O) groups excluding carboxylic acids is 1. The Labute approximate surface area is 114 Å². The van der Waals surface area contributed by atoms with E-state index >= 15 is 0 Å². The number of nitrogens with zero attached hydrogens (tertiary/aromatic N) is 2. The number of benzene rings is 1. The first-order chi connectivity index (χ1) is 8.93. The second-order valence-corrected chi connectivity index (χ2v) is 5.24. The molecule has 102 valence electrons. The molecule has 1 aromatic rings. The summed E-state index contributed by atoms with van der Waals surface area (Å²) in [5, 5.41) is 8.72. The number of hydrogen-bond acceptors (Lipinski definition) is 3. The van der Waals surface area contributed by atoms with Crippen molar-refractivity contribution in [3.63, 3.8) is 0 Å². The van der Waals surface area contributed by atoms with E-state index in [-0.39, 0.29) is 5.91 Å². The molecule has 0 aliphatic carbocycles. The fourth-order valence-electron chi connectivity index (χ4n) is 1.93. The number of nitrogens with two attached hydrogens (primary N) is 1. The average Bonchev–Trinajstić information content (AvgIpc) is 2.37. The van der Waals surface area contributed by atoms with Gasteiger partial charge in [0.1, 0.15) is 0 Å². The highest BCUT2D eigenvalue weighted by atomic mass is 16.2. The van der Waals surface area contributed by atoms with E-state index in [0.29, 0.717) is 24.4 Å². The molecule has 0 bridgehead atoms. The van der Waals surface area contributed by atoms with Crippen molar-refractivity contribution in [3.8, 4) is 6.07 Å². The van der Waals surface area contributed by atoms with Crippen LogP contribution in [-0.4, -0.2) is 23.9 Å². The van der Waals surface area contributed by atoms with Crippen molar-refractivity contribution >= 4 is 5.91 Å². The predicted octanol–water partition coefficient (Wildman–Crippen LogP) is 1.89. The molecule has 0 aromatic heterocycles. The zero-order valence-corrected chi connectivity index (χ0v) is 11.8. The van der Waals surface area contributed by atoms with E-state index in [1.165, 1.54) is 0 Å². The molecular formula is C15H21N3O. The van der Waals surface area contributed by atoms with Gasteiger partial charge in [-0.2, -0.15) is 5.26 Å². The van der Waals surface area contributed by atoms with Crippen LogP contribution in [0.5, 0.6) is 0 Å². The van der Waals surface area contributed by atoms with E-state index in [2.05, 4.69) is 6.07 Å². The smallest absolute Gasteiger partial charge is 0.239 e. The zero-order chi connectivity index (χ0) is 14.4. The van der Waals surface area contributed by atoms with Gasteiger partial charge in [-0.1, -0.05) is 26.0 Å². The molecule has 0 spiro atoms. The largest absolute Gasteiger partial charge is 0.340 e. The lowest BCUT2D eigenvalue weighted by atomic mass is 10.0. The van der Waals surface area contributed by atoms with Crippen LogP contribution in [-0.2, 0) is 11.3 Å². The third-order valence-corrected chi connectivity index (χ3v) is 2.92. The van der Waals surface area contributed by atoms with Gasteiger partial charge >= 0.3 is 0 Å². The molecule has 0 saturated heterocycles. The van der Waals surface area contributed by atoms with Gasteiger partial charge in [-0.05, 0) is 30.0 Å². The Morgan fingerprint density at radius 2 is 1.95 bits per heavy atom. The molecule has 0 saturated carbocycles. The van der Waals surface area contributed by atoms with E-state index < -0.39 is 6.04 Å². The summed E-state index contributed by atoms with van der Waals surface area (Å²) in [5.74, 6) is 0.361. The molecule has 1 atom stereocenters. The molecule has 2 N–H and O–H groups in total. The molecule has 0 heterocycles. The molecule has 0 aliphatic rings. The van der Waals surface area contributed by atoms with Crippen molar-refractivity contribution in [3.05, 3.63) is 35.4 Å². The molecule has 1 amide bonds. The van der Waals surface area contributed by atoms with Crippen molar-refractivity contribution in [2.75, 3.05) is 7.05 Å². The Morgan fingerprint density at radius 1 is 1.37 bits per heavy atom. The number of rotatable bonds is 5. The maximum Gasteiger partial charge on any atom is 0.239 e. The van der Waals surface area contributed by atoms with Gasteiger partial charge in [0.15, 0.2) is 0 Å². The standard InChI is InChI=1S/C15H21N3O/c1-11(2)8-14(17)15(19)18(3)10-13-6-4-12(9-16)5-7-13/h4-7,11,14H,8,10,17H2,1-3H3/t14-/m0/s1. The fourth-order valence-corrected chi connectivity index (χ4v) is 1.93. The first-order valence-electron chi connectivity index (χ1n) is 6.43. The van der Waals surface area contributed by atoms with Crippen LogP contribution < -0.4 is 5.73 Å². The van der Waals surface area contributed by atoms with Crippen molar-refractivity contribution in [1.82, 2.24) is 4.90 Å². The van der Waals surface area contributed by atoms with Crippen LogP contribution >= 0.6 is 0 Å². The van der Waals surface area contributed by atoms with Gasteiger partial charge in [-0.15, -0.1) is 0 Å². The van der Waals surface area contributed by atoms with E-state index in [9.17, 15) is 4.79 Å². The maximum absolute atomic E-state index is 12.1. The molecule has 4 heteroatoms. The van der Waals surface area contributed by atoms with E-state index in [1.54, 1.807) is 24.1 Å². The lowest BCUT2D eigenvalue weighted by Gasteiger charge is -2.22. The second kappa shape index (κ2) is 6.91. The number of nitriles is 1. The highest BCUT2D eigenvalue weighted by molar-refractivity contribution is 5.81. The maximum atomic E-state index is 12.1. The third kappa shape index (κ3) is 4.72. The van der Waals surface area contributed by atoms with Crippen LogP contribution in [0.15, 0.2) is 24.3 Å². The lowest BCUT2D eigenvalue weighted by Crippen LogP contribution is -2.42. The summed E-state index contributed by atoms with van der Waals surface area (Å²) in [6.45, 7) is 4.61. The van der Waals surface area contributed by atoms with Crippen molar-refractivity contribution < 1.29 is 4.79 Å². The van der Waals surface area contributed by atoms with Gasteiger partial charge in [-0.25, -0.2) is 0 Å². The molecule has 0 fully saturated rings. The van der Waals surface area contributed by atoms with Crippen LogP contribution in [0.3, 0.4) is 0 Å². The molecule has 4 nitrogen and oxygen atoms in total. The SMILES string of the molecule is CC(C)C[C@H](N)C(=O)N(C)Cc1ccc(C#N)cc1. The highest BCUT2D eigenvalue weighted by Gasteiger charge is 2.19. The number of likely N-dealkylation sites (N-methyl/N-ethyl adjacent to an activating group) is 1. The molecule has 1 aromatic carbocycles. The Bertz CT molecular complexity index is 459. The Kier molecular flexibility index (Phi) is 5.53. The van der Waals surface area contributed by atoms with Gasteiger partial charge in [0, 0.05) is 13.6 Å². The minimum Gasteiger partial charge on any atom is -0.340 e. The Balaban J connectivity index is 2.60. The van der Waals surface area contributed by atoms with Gasteiger partial charge in [-0.3, -0.25) is 4.79 Å². The van der Waals surface area contributed by atoms with Crippen molar-refractivity contribution in [1.29, 1.82) is 5.26 Å². The Morgan fingerprint density at radius 3 is 2.42 bits per heavy atom. The third-order valence-electron chi connectivity index (χ3n) is 2.92. The first kappa shape index (κ1) is 15.2. The summed E-state index contributed by atoms with van der Waals surface area (Å²) in [6, 6.07) is 8.85. The van der Waals surface area contributed by atoms with E-state index in [1.807, 2.05) is 26.0 Å². The van der Waals surface area contributed by atoms with E-state index in [0.717, 1.165) is 5.56 Å². The summed E-state index contributed by atoms with van der Waals surface area (Å²) in [6.07, 6.45) is 0.691. The predicted molar refractivity (Wildman–Crippen MR) is 75.1 cm³/mol. The van der Waals surface area contributed by atoms with Crippen LogP contribution in [0.1, 0.15) is 31.4 Å². The summed E-state index contributed by atoms with van der Waals surface area (Å²) in [5.41, 5.74) is 7.50. The summed E-state index contributed by atoms with van der Waals surface area (Å²) >= 11 is 0. The van der Waals surface area contributed by atoms with Gasteiger partial charge in [0.05, 0.1) is 17.7 Å². The zero-order valence-electron chi connectivity index (χ0n) is 11.8. The minimum absolute atomic E-state index is 0.0435. The van der Waals surface area contributed by atoms with Crippen LogP contribution in [0, 0.1) is 17.2 Å². The van der Waals surface area contributed by atoms with Crippen LogP contribution in [0.25, 0.3) is 0 Å². The summed E-state index contributed by atoms with van der Waals surface area (Å²) < 4.78 is 0. The molecule has 0 aliphatic heterocycles. The number of amides is 1. The Hall–Kier alpha value is -1.86. The van der Waals surface area contributed by atoms with Gasteiger partial charge in [0.25, 0.3) is 0 Å². The first-order valence-corrected chi connectivity index (χ1v) is 6.43. The number of hydrogen-bond donors (Lipinski definition) is 1. The second-order valence-electron chi connectivity index (χ2n) is 5.24. The van der Waals surface area contributed by atoms with Crippen LogP contribution in [0.4, 0.5) is 0 Å². The van der Waals surface area contributed by atoms with Crippen molar-refractivity contribution in [2.45, 2.75) is 32.9 Å². The average molecular weight is 259 g/mol. The van der Waals surface area contributed by atoms with Crippen molar-refractivity contribution in [2.24, 2.45) is 11.7 Å². The number of carbonyl (C=O) groups is 1. The summed E-state index contributed by atoms with van der Waals surface area (Å²) in [4.78, 5) is 13.7. The van der Waals surface area contributed by atoms with E-state index in [4.69, 9.17) is 11.0 Å². The van der Waals surface area contributed by atoms with Crippen LogP contribution in [0.2, 0.25) is 0 Å². The topological polar surface area (TPSA) is 70.1 Å². The summed E-state index contributed by atoms with van der Waals surface area (Å²) in [7, 11) is 1.75.